The van der Waals surface area contributed by atoms with E-state index in [1.54, 1.807) is 18.8 Å². The predicted molar refractivity (Wildman–Crippen MR) is 133 cm³/mol. The number of hydrogen-bond donors (Lipinski definition) is 1. The molecule has 1 aromatic heterocycles. The van der Waals surface area contributed by atoms with E-state index >= 15 is 0 Å². The van der Waals surface area contributed by atoms with E-state index in [4.69, 9.17) is 9.84 Å². The summed E-state index contributed by atoms with van der Waals surface area (Å²) in [6.07, 6.45) is 7.26. The van der Waals surface area contributed by atoms with E-state index < -0.39 is 0 Å². The highest BCUT2D eigenvalue weighted by molar-refractivity contribution is 5.94. The number of methoxy groups -OCH3 is 1. The van der Waals surface area contributed by atoms with Gasteiger partial charge in [-0.15, -0.1) is 0 Å². The third-order valence-electron chi connectivity index (χ3n) is 5.61. The Kier molecular flexibility index (Phi) is 9.95. The van der Waals surface area contributed by atoms with Gasteiger partial charge < -0.3 is 15.0 Å². The molecule has 0 fully saturated rings. The molecule has 0 bridgehead atoms. The van der Waals surface area contributed by atoms with Gasteiger partial charge in [0.2, 0.25) is 11.8 Å². The zero-order chi connectivity index (χ0) is 24.4. The maximum absolute atomic E-state index is 12.8. The van der Waals surface area contributed by atoms with Crippen LogP contribution >= 0.6 is 0 Å². The van der Waals surface area contributed by atoms with Crippen LogP contribution in [0.1, 0.15) is 78.3 Å². The predicted octanol–water partition coefficient (Wildman–Crippen LogP) is 5.33. The molecule has 0 saturated heterocycles. The summed E-state index contributed by atoms with van der Waals surface area (Å²) in [5, 5.41) is 7.67. The number of unbranched alkanes of at least 4 members (excludes halogenated alkanes) is 5. The second-order valence-corrected chi connectivity index (χ2v) is 9.59. The first-order valence-corrected chi connectivity index (χ1v) is 11.9. The molecule has 1 aromatic carbocycles. The second-order valence-electron chi connectivity index (χ2n) is 9.59. The molecule has 7 heteroatoms. The summed E-state index contributed by atoms with van der Waals surface area (Å²) in [7, 11) is 3.30. The van der Waals surface area contributed by atoms with Crippen molar-refractivity contribution in [2.75, 3.05) is 26.0 Å². The number of rotatable bonds is 12. The van der Waals surface area contributed by atoms with Crippen LogP contribution in [0.5, 0.6) is 5.75 Å². The Labute approximate surface area is 198 Å². The summed E-state index contributed by atoms with van der Waals surface area (Å²) in [6.45, 7) is 8.43. The van der Waals surface area contributed by atoms with Crippen molar-refractivity contribution >= 4 is 17.6 Å². The number of nitrogens with one attached hydrogen (secondary N) is 1. The molecule has 0 aliphatic carbocycles. The molecule has 1 N–H and O–H groups in total. The minimum atomic E-state index is -0.246. The average molecular weight is 457 g/mol. The Bertz CT molecular complexity index is 897. The molecule has 0 atom stereocenters. The topological polar surface area (TPSA) is 76.5 Å². The number of carbonyl (C=O) groups excluding carboxylic acids is 2. The van der Waals surface area contributed by atoms with Gasteiger partial charge in [-0.1, -0.05) is 59.8 Å². The first-order valence-electron chi connectivity index (χ1n) is 11.9. The van der Waals surface area contributed by atoms with Gasteiger partial charge in [0.05, 0.1) is 25.0 Å². The van der Waals surface area contributed by atoms with Crippen LogP contribution < -0.4 is 10.1 Å². The van der Waals surface area contributed by atoms with Gasteiger partial charge in [0.25, 0.3) is 0 Å². The van der Waals surface area contributed by atoms with Gasteiger partial charge in [0.1, 0.15) is 11.6 Å². The highest BCUT2D eigenvalue weighted by Gasteiger charge is 2.22. The van der Waals surface area contributed by atoms with Gasteiger partial charge in [-0.2, -0.15) is 5.10 Å². The zero-order valence-corrected chi connectivity index (χ0v) is 21.1. The van der Waals surface area contributed by atoms with E-state index in [0.29, 0.717) is 12.2 Å². The Balaban J connectivity index is 2.02. The summed E-state index contributed by atoms with van der Waals surface area (Å²) in [6, 6.07) is 9.39. The van der Waals surface area contributed by atoms with Crippen molar-refractivity contribution in [3.63, 3.8) is 0 Å². The molecule has 0 radical (unpaired) electrons. The summed E-state index contributed by atoms with van der Waals surface area (Å²) in [5.41, 5.74) is 1.50. The van der Waals surface area contributed by atoms with Crippen LogP contribution in [0, 0.1) is 0 Å². The largest absolute Gasteiger partial charge is 0.497 e. The lowest BCUT2D eigenvalue weighted by Crippen LogP contribution is -2.35. The van der Waals surface area contributed by atoms with Crippen LogP contribution in [-0.4, -0.2) is 47.2 Å². The first kappa shape index (κ1) is 26.4. The summed E-state index contributed by atoms with van der Waals surface area (Å²) < 4.78 is 6.96. The van der Waals surface area contributed by atoms with Crippen LogP contribution in [0.3, 0.4) is 0 Å². The fourth-order valence-corrected chi connectivity index (χ4v) is 3.49. The molecular formula is C26H40N4O3. The van der Waals surface area contributed by atoms with Crippen molar-refractivity contribution in [3.8, 4) is 11.4 Å². The second kappa shape index (κ2) is 12.4. The third-order valence-corrected chi connectivity index (χ3v) is 5.61. The molecule has 33 heavy (non-hydrogen) atoms. The zero-order valence-electron chi connectivity index (χ0n) is 21.1. The van der Waals surface area contributed by atoms with Crippen LogP contribution in [0.25, 0.3) is 5.69 Å². The van der Waals surface area contributed by atoms with Crippen LogP contribution in [0.2, 0.25) is 0 Å². The lowest BCUT2D eigenvalue weighted by atomic mass is 9.92. The van der Waals surface area contributed by atoms with E-state index in [9.17, 15) is 9.59 Å². The number of benzene rings is 1. The molecule has 0 aliphatic rings. The number of amides is 2. The number of carbonyl (C=O) groups is 2. The van der Waals surface area contributed by atoms with Gasteiger partial charge in [0, 0.05) is 24.9 Å². The normalized spacial score (nSPS) is 11.3. The standard InChI is InChI=1S/C26H40N4O3/c1-7-8-9-10-11-12-13-25(32)29(5)19-24(31)27-23-18-22(26(2,3)4)28-30(23)20-14-16-21(33-6)17-15-20/h14-18H,7-13,19H2,1-6H3,(H,27,31). The number of nitrogens with zero attached hydrogens (tertiary/aromatic N) is 3. The molecular weight excluding hydrogens is 416 g/mol. The SMILES string of the molecule is CCCCCCCCC(=O)N(C)CC(=O)Nc1cc(C(C)(C)C)nn1-c1ccc(OC)cc1. The van der Waals surface area contributed by atoms with E-state index in [0.717, 1.165) is 36.4 Å². The molecule has 7 nitrogen and oxygen atoms in total. The van der Waals surface area contributed by atoms with E-state index in [-0.39, 0.29) is 23.8 Å². The molecule has 2 amide bonds. The average Bonchev–Trinajstić information content (AvgIpc) is 3.20. The van der Waals surface area contributed by atoms with Crippen molar-refractivity contribution in [2.45, 2.75) is 78.1 Å². The van der Waals surface area contributed by atoms with E-state index in [2.05, 4.69) is 33.0 Å². The van der Waals surface area contributed by atoms with Gasteiger partial charge in [-0.3, -0.25) is 9.59 Å². The van der Waals surface area contributed by atoms with Gasteiger partial charge in [-0.25, -0.2) is 4.68 Å². The smallest absolute Gasteiger partial charge is 0.245 e. The first-order chi connectivity index (χ1) is 15.7. The van der Waals surface area contributed by atoms with Gasteiger partial charge >= 0.3 is 0 Å². The van der Waals surface area contributed by atoms with Crippen molar-refractivity contribution in [2.24, 2.45) is 0 Å². The van der Waals surface area contributed by atoms with Gasteiger partial charge in [0.15, 0.2) is 0 Å². The number of anilines is 1. The van der Waals surface area contributed by atoms with Crippen molar-refractivity contribution < 1.29 is 14.3 Å². The van der Waals surface area contributed by atoms with E-state index in [1.807, 2.05) is 30.3 Å². The van der Waals surface area contributed by atoms with Crippen LogP contribution in [0.15, 0.2) is 30.3 Å². The molecule has 0 aliphatic heterocycles. The molecule has 2 rings (SSSR count). The monoisotopic (exact) mass is 456 g/mol. The maximum Gasteiger partial charge on any atom is 0.245 e. The maximum atomic E-state index is 12.8. The van der Waals surface area contributed by atoms with Crippen LogP contribution in [0.4, 0.5) is 5.82 Å². The van der Waals surface area contributed by atoms with Crippen molar-refractivity contribution in [3.05, 3.63) is 36.0 Å². The summed E-state index contributed by atoms with van der Waals surface area (Å²) >= 11 is 0. The van der Waals surface area contributed by atoms with Crippen molar-refractivity contribution in [1.82, 2.24) is 14.7 Å². The molecule has 2 aromatic rings. The number of hydrogen-bond acceptors (Lipinski definition) is 4. The highest BCUT2D eigenvalue weighted by Crippen LogP contribution is 2.27. The number of ether oxygens (including phenoxy) is 1. The molecule has 182 valence electrons. The third kappa shape index (κ3) is 8.22. The van der Waals surface area contributed by atoms with Gasteiger partial charge in [-0.05, 0) is 30.7 Å². The summed E-state index contributed by atoms with van der Waals surface area (Å²) in [4.78, 5) is 26.7. The molecule has 0 unspecified atom stereocenters. The quantitative estimate of drug-likeness (QED) is 0.438. The van der Waals surface area contributed by atoms with Crippen LogP contribution in [-0.2, 0) is 15.0 Å². The summed E-state index contributed by atoms with van der Waals surface area (Å²) in [5.74, 6) is 1.08. The Morgan fingerprint density at radius 1 is 1.06 bits per heavy atom. The van der Waals surface area contributed by atoms with Crippen molar-refractivity contribution in [1.29, 1.82) is 0 Å². The molecule has 1 heterocycles. The number of likely N-dealkylation sites (N-methyl/N-ethyl adjacent to an activating group) is 1. The molecule has 0 saturated carbocycles. The highest BCUT2D eigenvalue weighted by atomic mass is 16.5. The fourth-order valence-electron chi connectivity index (χ4n) is 3.49. The lowest BCUT2D eigenvalue weighted by molar-refractivity contribution is -0.133. The minimum Gasteiger partial charge on any atom is -0.497 e. The lowest BCUT2D eigenvalue weighted by Gasteiger charge is -2.17. The van der Waals surface area contributed by atoms with E-state index in [1.165, 1.54) is 24.2 Å². The minimum absolute atomic E-state index is 0.000292. The number of aromatic nitrogens is 2. The fraction of sp³-hybridized carbons (Fsp3) is 0.577. The Morgan fingerprint density at radius 2 is 1.70 bits per heavy atom. The Hall–Kier alpha value is -2.83. The Morgan fingerprint density at radius 3 is 2.30 bits per heavy atom. The molecule has 0 spiro atoms.